The highest BCUT2D eigenvalue weighted by molar-refractivity contribution is 7.99. The molecule has 2 unspecified atom stereocenters. The monoisotopic (exact) mass is 230 g/mol. The number of aliphatic hydroxyl groups is 1. The summed E-state index contributed by atoms with van der Waals surface area (Å²) < 4.78 is 26.9. The summed E-state index contributed by atoms with van der Waals surface area (Å²) in [7, 11) is 0. The van der Waals surface area contributed by atoms with E-state index in [1.54, 1.807) is 11.8 Å². The van der Waals surface area contributed by atoms with Crippen molar-refractivity contribution in [3.05, 3.63) is 34.9 Å². The molecule has 0 radical (unpaired) electrons. The molecule has 1 nitrogen and oxygen atoms in total. The summed E-state index contributed by atoms with van der Waals surface area (Å²) in [6, 6.07) is 2.20. The number of benzene rings is 1. The summed E-state index contributed by atoms with van der Waals surface area (Å²) in [6.45, 7) is 1.95. The molecule has 0 spiro atoms. The largest absolute Gasteiger partial charge is 0.388 e. The third kappa shape index (κ3) is 2.01. The fourth-order valence-electron chi connectivity index (χ4n) is 1.84. The van der Waals surface area contributed by atoms with Crippen LogP contribution in [0.4, 0.5) is 8.78 Å². The van der Waals surface area contributed by atoms with Gasteiger partial charge in [-0.05, 0) is 18.6 Å². The van der Waals surface area contributed by atoms with Crippen LogP contribution < -0.4 is 0 Å². The number of aliphatic hydroxyl groups excluding tert-OH is 1. The summed E-state index contributed by atoms with van der Waals surface area (Å²) >= 11 is 1.54. The lowest BCUT2D eigenvalue weighted by molar-refractivity contribution is 0.163. The van der Waals surface area contributed by atoms with Gasteiger partial charge in [0.1, 0.15) is 11.6 Å². The van der Waals surface area contributed by atoms with Crippen LogP contribution in [0.2, 0.25) is 0 Å². The molecule has 2 atom stereocenters. The lowest BCUT2D eigenvalue weighted by atomic mass is 9.99. The molecule has 0 aromatic heterocycles. The number of thioether (sulfide) groups is 1. The molecule has 0 aliphatic carbocycles. The Labute approximate surface area is 91.5 Å². The molecule has 0 amide bonds. The van der Waals surface area contributed by atoms with Gasteiger partial charge in [-0.25, -0.2) is 8.78 Å². The molecule has 1 aromatic rings. The molecule has 1 N–H and O–H groups in total. The van der Waals surface area contributed by atoms with Gasteiger partial charge in [0.05, 0.1) is 6.10 Å². The minimum Gasteiger partial charge on any atom is -0.388 e. The van der Waals surface area contributed by atoms with Crippen molar-refractivity contribution < 1.29 is 13.9 Å². The summed E-state index contributed by atoms with van der Waals surface area (Å²) in [5, 5.41) is 10.0. The third-order valence-electron chi connectivity index (χ3n) is 2.65. The average Bonchev–Trinajstić information content (AvgIpc) is 2.32. The molecule has 1 aromatic carbocycles. The van der Waals surface area contributed by atoms with Crippen molar-refractivity contribution in [2.45, 2.75) is 30.5 Å². The molecule has 0 bridgehead atoms. The van der Waals surface area contributed by atoms with E-state index in [1.165, 1.54) is 0 Å². The van der Waals surface area contributed by atoms with Gasteiger partial charge in [0.25, 0.3) is 0 Å². The lowest BCUT2D eigenvalue weighted by Gasteiger charge is -2.13. The van der Waals surface area contributed by atoms with Gasteiger partial charge in [-0.15, -0.1) is 0 Å². The fraction of sp³-hybridized carbons (Fsp3) is 0.455. The summed E-state index contributed by atoms with van der Waals surface area (Å²) in [4.78, 5) is 0. The average molecular weight is 230 g/mol. The summed E-state index contributed by atoms with van der Waals surface area (Å²) in [5.74, 6) is -0.502. The highest BCUT2D eigenvalue weighted by atomic mass is 32.2. The summed E-state index contributed by atoms with van der Waals surface area (Å²) in [6.07, 6.45) is -0.418. The van der Waals surface area contributed by atoms with Crippen molar-refractivity contribution in [2.24, 2.45) is 0 Å². The van der Waals surface area contributed by atoms with Gasteiger partial charge < -0.3 is 5.11 Å². The SMILES string of the molecule is CC1CC(O)c2c(F)ccc(F)c2CS1. The predicted octanol–water partition coefficient (Wildman–Crippen LogP) is 3.02. The van der Waals surface area contributed by atoms with Crippen LogP contribution >= 0.6 is 11.8 Å². The van der Waals surface area contributed by atoms with E-state index in [1.807, 2.05) is 6.92 Å². The van der Waals surface area contributed by atoms with Crippen LogP contribution in [0, 0.1) is 11.6 Å². The van der Waals surface area contributed by atoms with E-state index >= 15 is 0 Å². The van der Waals surface area contributed by atoms with E-state index in [0.717, 1.165) is 12.1 Å². The zero-order valence-electron chi connectivity index (χ0n) is 8.34. The molecule has 15 heavy (non-hydrogen) atoms. The smallest absolute Gasteiger partial charge is 0.129 e. The van der Waals surface area contributed by atoms with Crippen LogP contribution in [-0.2, 0) is 5.75 Å². The van der Waals surface area contributed by atoms with E-state index in [4.69, 9.17) is 0 Å². The molecule has 2 rings (SSSR count). The van der Waals surface area contributed by atoms with Gasteiger partial charge in [-0.3, -0.25) is 0 Å². The van der Waals surface area contributed by atoms with Crippen LogP contribution in [0.3, 0.4) is 0 Å². The van der Waals surface area contributed by atoms with Crippen LogP contribution in [0.25, 0.3) is 0 Å². The second-order valence-electron chi connectivity index (χ2n) is 3.79. The van der Waals surface area contributed by atoms with Crippen LogP contribution in [0.15, 0.2) is 12.1 Å². The van der Waals surface area contributed by atoms with E-state index in [-0.39, 0.29) is 10.8 Å². The van der Waals surface area contributed by atoms with Crippen molar-refractivity contribution in [3.8, 4) is 0 Å². The second kappa shape index (κ2) is 4.10. The molecule has 4 heteroatoms. The molecular formula is C11H12F2OS. The van der Waals surface area contributed by atoms with Gasteiger partial charge >= 0.3 is 0 Å². The highest BCUT2D eigenvalue weighted by Gasteiger charge is 2.26. The number of rotatable bonds is 0. The molecule has 1 heterocycles. The van der Waals surface area contributed by atoms with E-state index < -0.39 is 17.7 Å². The van der Waals surface area contributed by atoms with Gasteiger partial charge in [0.2, 0.25) is 0 Å². The maximum Gasteiger partial charge on any atom is 0.129 e. The highest BCUT2D eigenvalue weighted by Crippen LogP contribution is 2.37. The molecule has 0 saturated carbocycles. The first-order valence-electron chi connectivity index (χ1n) is 4.86. The van der Waals surface area contributed by atoms with Crippen LogP contribution in [0.1, 0.15) is 30.6 Å². The van der Waals surface area contributed by atoms with Gasteiger partial charge in [0.15, 0.2) is 0 Å². The van der Waals surface area contributed by atoms with E-state index in [2.05, 4.69) is 0 Å². The molecule has 0 fully saturated rings. The zero-order valence-corrected chi connectivity index (χ0v) is 9.15. The summed E-state index contributed by atoms with van der Waals surface area (Å²) in [5.41, 5.74) is 0.462. The quantitative estimate of drug-likeness (QED) is 0.739. The van der Waals surface area contributed by atoms with Crippen molar-refractivity contribution in [1.29, 1.82) is 0 Å². The minimum atomic E-state index is -0.888. The number of halogens is 2. The minimum absolute atomic E-state index is 0.145. The Morgan fingerprint density at radius 1 is 1.33 bits per heavy atom. The molecule has 82 valence electrons. The number of hydrogen-bond donors (Lipinski definition) is 1. The molecule has 1 aliphatic heterocycles. The van der Waals surface area contributed by atoms with E-state index in [9.17, 15) is 13.9 Å². The Balaban J connectivity index is 2.52. The maximum atomic E-state index is 13.5. The first-order valence-corrected chi connectivity index (χ1v) is 5.91. The second-order valence-corrected chi connectivity index (χ2v) is 5.22. The van der Waals surface area contributed by atoms with Gasteiger partial charge in [-0.1, -0.05) is 6.92 Å². The van der Waals surface area contributed by atoms with E-state index in [0.29, 0.717) is 17.7 Å². The van der Waals surface area contributed by atoms with Gasteiger partial charge in [-0.2, -0.15) is 11.8 Å². The fourth-order valence-corrected chi connectivity index (χ4v) is 2.91. The molecule has 1 aliphatic rings. The van der Waals surface area contributed by atoms with Crippen molar-refractivity contribution in [3.63, 3.8) is 0 Å². The molecule has 0 saturated heterocycles. The Bertz CT molecular complexity index is 381. The Kier molecular flexibility index (Phi) is 2.98. The van der Waals surface area contributed by atoms with Gasteiger partial charge in [0, 0.05) is 22.1 Å². The Morgan fingerprint density at radius 2 is 2.00 bits per heavy atom. The predicted molar refractivity (Wildman–Crippen MR) is 56.7 cm³/mol. The maximum absolute atomic E-state index is 13.5. The number of fused-ring (bicyclic) bond motifs is 1. The zero-order chi connectivity index (χ0) is 11.0. The van der Waals surface area contributed by atoms with Crippen molar-refractivity contribution >= 4 is 11.8 Å². The lowest BCUT2D eigenvalue weighted by Crippen LogP contribution is -2.07. The first kappa shape index (κ1) is 10.9. The Morgan fingerprint density at radius 3 is 2.73 bits per heavy atom. The van der Waals surface area contributed by atoms with Crippen molar-refractivity contribution in [2.75, 3.05) is 0 Å². The van der Waals surface area contributed by atoms with Crippen LogP contribution in [-0.4, -0.2) is 10.4 Å². The normalized spacial score (nSPS) is 25.9. The third-order valence-corrected chi connectivity index (χ3v) is 3.86. The first-order chi connectivity index (χ1) is 7.09. The van der Waals surface area contributed by atoms with Crippen LogP contribution in [0.5, 0.6) is 0 Å². The molecular weight excluding hydrogens is 218 g/mol. The standard InChI is InChI=1S/C11H12F2OS/c1-6-4-10(14)11-7(5-15-6)8(12)2-3-9(11)13/h2-3,6,10,14H,4-5H2,1H3. The topological polar surface area (TPSA) is 20.2 Å². The number of hydrogen-bond acceptors (Lipinski definition) is 2. The Hall–Kier alpha value is -0.610. The van der Waals surface area contributed by atoms with Crippen molar-refractivity contribution in [1.82, 2.24) is 0 Å².